The number of carboxylic acid groups (broad SMARTS) is 1. The van der Waals surface area contributed by atoms with Crippen molar-refractivity contribution < 1.29 is 19.4 Å². The molecule has 0 aromatic rings. The van der Waals surface area contributed by atoms with Gasteiger partial charge in [-0.2, -0.15) is 0 Å². The molecule has 1 heterocycles. The Morgan fingerprint density at radius 2 is 2.36 bits per heavy atom. The maximum absolute atomic E-state index is 10.5. The molecular formula is C10H18O4. The molecule has 1 atom stereocenters. The zero-order valence-corrected chi connectivity index (χ0v) is 8.62. The Labute approximate surface area is 84.2 Å². The van der Waals surface area contributed by atoms with Crippen LogP contribution in [0.5, 0.6) is 0 Å². The van der Waals surface area contributed by atoms with E-state index in [1.54, 1.807) is 7.11 Å². The van der Waals surface area contributed by atoms with Crippen molar-refractivity contribution in [2.75, 3.05) is 20.3 Å². The number of methoxy groups -OCH3 is 1. The predicted molar refractivity (Wildman–Crippen MR) is 51.3 cm³/mol. The van der Waals surface area contributed by atoms with E-state index in [1.807, 2.05) is 0 Å². The second-order valence-corrected chi connectivity index (χ2v) is 3.82. The van der Waals surface area contributed by atoms with Gasteiger partial charge in [0.05, 0.1) is 12.2 Å². The minimum absolute atomic E-state index is 0.156. The van der Waals surface area contributed by atoms with Crippen molar-refractivity contribution in [3.05, 3.63) is 0 Å². The highest BCUT2D eigenvalue weighted by molar-refractivity contribution is 5.66. The van der Waals surface area contributed by atoms with Crippen LogP contribution >= 0.6 is 0 Å². The molecule has 82 valence electrons. The molecule has 1 aliphatic rings. The first-order chi connectivity index (χ1) is 6.68. The van der Waals surface area contributed by atoms with Gasteiger partial charge in [-0.3, -0.25) is 4.79 Å². The van der Waals surface area contributed by atoms with Gasteiger partial charge in [-0.15, -0.1) is 0 Å². The molecule has 0 saturated carbocycles. The summed E-state index contributed by atoms with van der Waals surface area (Å²) < 4.78 is 10.8. The third-order valence-corrected chi connectivity index (χ3v) is 2.64. The number of carboxylic acids is 1. The van der Waals surface area contributed by atoms with Gasteiger partial charge in [0, 0.05) is 20.1 Å². The monoisotopic (exact) mass is 202 g/mol. The SMILES string of the molecule is COCC1(CCC(=O)O)CCCCO1. The van der Waals surface area contributed by atoms with Crippen LogP contribution in [0.25, 0.3) is 0 Å². The fourth-order valence-corrected chi connectivity index (χ4v) is 1.89. The molecule has 0 spiro atoms. The van der Waals surface area contributed by atoms with Gasteiger partial charge >= 0.3 is 5.97 Å². The molecule has 1 unspecified atom stereocenters. The maximum Gasteiger partial charge on any atom is 0.303 e. The van der Waals surface area contributed by atoms with Crippen molar-refractivity contribution in [3.63, 3.8) is 0 Å². The molecule has 0 bridgehead atoms. The van der Waals surface area contributed by atoms with E-state index in [0.717, 1.165) is 25.9 Å². The van der Waals surface area contributed by atoms with Crippen LogP contribution in [0.2, 0.25) is 0 Å². The third-order valence-electron chi connectivity index (χ3n) is 2.64. The summed E-state index contributed by atoms with van der Waals surface area (Å²) in [5, 5.41) is 8.63. The summed E-state index contributed by atoms with van der Waals surface area (Å²) in [6.45, 7) is 1.23. The molecule has 0 aliphatic carbocycles. The van der Waals surface area contributed by atoms with Crippen LogP contribution in [0, 0.1) is 0 Å². The van der Waals surface area contributed by atoms with Crippen LogP contribution in [0.3, 0.4) is 0 Å². The Morgan fingerprint density at radius 3 is 2.86 bits per heavy atom. The fraction of sp³-hybridized carbons (Fsp3) is 0.900. The first-order valence-electron chi connectivity index (χ1n) is 5.03. The highest BCUT2D eigenvalue weighted by atomic mass is 16.5. The number of aliphatic carboxylic acids is 1. The summed E-state index contributed by atoms with van der Waals surface area (Å²) in [4.78, 5) is 10.5. The van der Waals surface area contributed by atoms with Crippen molar-refractivity contribution in [2.24, 2.45) is 0 Å². The molecule has 0 radical (unpaired) electrons. The summed E-state index contributed by atoms with van der Waals surface area (Å²) in [7, 11) is 1.63. The largest absolute Gasteiger partial charge is 0.481 e. The molecule has 1 N–H and O–H groups in total. The first kappa shape index (κ1) is 11.5. The van der Waals surface area contributed by atoms with Crippen LogP contribution in [-0.4, -0.2) is 37.0 Å². The average Bonchev–Trinajstić information content (AvgIpc) is 2.17. The number of hydrogen-bond donors (Lipinski definition) is 1. The van der Waals surface area contributed by atoms with Crippen LogP contribution < -0.4 is 0 Å². The van der Waals surface area contributed by atoms with Crippen molar-refractivity contribution in [1.29, 1.82) is 0 Å². The molecule has 4 nitrogen and oxygen atoms in total. The molecule has 1 rings (SSSR count). The summed E-state index contributed by atoms with van der Waals surface area (Å²) >= 11 is 0. The molecule has 0 aromatic carbocycles. The smallest absolute Gasteiger partial charge is 0.303 e. The highest BCUT2D eigenvalue weighted by Crippen LogP contribution is 2.29. The van der Waals surface area contributed by atoms with E-state index in [1.165, 1.54) is 0 Å². The lowest BCUT2D eigenvalue weighted by molar-refractivity contribution is -0.145. The minimum Gasteiger partial charge on any atom is -0.481 e. The lowest BCUT2D eigenvalue weighted by Crippen LogP contribution is -2.41. The maximum atomic E-state index is 10.5. The van der Waals surface area contributed by atoms with Gasteiger partial charge in [-0.25, -0.2) is 0 Å². The van der Waals surface area contributed by atoms with Gasteiger partial charge in [-0.1, -0.05) is 0 Å². The van der Waals surface area contributed by atoms with Gasteiger partial charge in [0.15, 0.2) is 0 Å². The zero-order valence-electron chi connectivity index (χ0n) is 8.62. The Bertz CT molecular complexity index is 179. The van der Waals surface area contributed by atoms with Crippen molar-refractivity contribution >= 4 is 5.97 Å². The Balaban J connectivity index is 2.46. The van der Waals surface area contributed by atoms with Crippen LogP contribution in [0.15, 0.2) is 0 Å². The fourth-order valence-electron chi connectivity index (χ4n) is 1.89. The lowest BCUT2D eigenvalue weighted by Gasteiger charge is -2.36. The van der Waals surface area contributed by atoms with Gasteiger partial charge in [0.25, 0.3) is 0 Å². The number of hydrogen-bond acceptors (Lipinski definition) is 3. The normalized spacial score (nSPS) is 27.5. The number of rotatable bonds is 5. The molecule has 14 heavy (non-hydrogen) atoms. The Hall–Kier alpha value is -0.610. The van der Waals surface area contributed by atoms with E-state index in [4.69, 9.17) is 14.6 Å². The molecule has 1 saturated heterocycles. The van der Waals surface area contributed by atoms with Gasteiger partial charge in [0.1, 0.15) is 0 Å². The van der Waals surface area contributed by atoms with Crippen molar-refractivity contribution in [1.82, 2.24) is 0 Å². The van der Waals surface area contributed by atoms with Crippen molar-refractivity contribution in [3.8, 4) is 0 Å². The van der Waals surface area contributed by atoms with E-state index in [9.17, 15) is 4.79 Å². The van der Waals surface area contributed by atoms with Crippen LogP contribution in [0.4, 0.5) is 0 Å². The highest BCUT2D eigenvalue weighted by Gasteiger charge is 2.33. The standard InChI is InChI=1S/C10H18O4/c1-13-8-10(6-4-9(11)12)5-2-3-7-14-10/h2-8H2,1H3,(H,11,12). The Morgan fingerprint density at radius 1 is 1.57 bits per heavy atom. The van der Waals surface area contributed by atoms with E-state index >= 15 is 0 Å². The van der Waals surface area contributed by atoms with Gasteiger partial charge in [-0.05, 0) is 25.7 Å². The van der Waals surface area contributed by atoms with E-state index < -0.39 is 5.97 Å². The number of ether oxygens (including phenoxy) is 2. The van der Waals surface area contributed by atoms with Crippen LogP contribution in [0.1, 0.15) is 32.1 Å². The second-order valence-electron chi connectivity index (χ2n) is 3.82. The lowest BCUT2D eigenvalue weighted by atomic mass is 9.90. The summed E-state index contributed by atoms with van der Waals surface area (Å²) in [5.74, 6) is -0.769. The summed E-state index contributed by atoms with van der Waals surface area (Å²) in [6.07, 6.45) is 3.79. The second kappa shape index (κ2) is 5.32. The average molecular weight is 202 g/mol. The Kier molecular flexibility index (Phi) is 4.35. The molecule has 1 aliphatic heterocycles. The quantitative estimate of drug-likeness (QED) is 0.732. The molecule has 0 amide bonds. The molecule has 1 fully saturated rings. The molecular weight excluding hydrogens is 184 g/mol. The third kappa shape index (κ3) is 3.27. The van der Waals surface area contributed by atoms with E-state index in [0.29, 0.717) is 13.0 Å². The first-order valence-corrected chi connectivity index (χ1v) is 5.03. The summed E-state index contributed by atoms with van der Waals surface area (Å²) in [6, 6.07) is 0. The summed E-state index contributed by atoms with van der Waals surface area (Å²) in [5.41, 5.74) is -0.342. The van der Waals surface area contributed by atoms with Crippen molar-refractivity contribution in [2.45, 2.75) is 37.7 Å². The predicted octanol–water partition coefficient (Wildman–Crippen LogP) is 1.44. The van der Waals surface area contributed by atoms with Gasteiger partial charge in [0.2, 0.25) is 0 Å². The number of carbonyl (C=O) groups is 1. The molecule has 0 aromatic heterocycles. The zero-order chi connectivity index (χ0) is 10.4. The van der Waals surface area contributed by atoms with E-state index in [2.05, 4.69) is 0 Å². The van der Waals surface area contributed by atoms with E-state index in [-0.39, 0.29) is 12.0 Å². The van der Waals surface area contributed by atoms with Gasteiger partial charge < -0.3 is 14.6 Å². The minimum atomic E-state index is -0.769. The molecule has 4 heteroatoms. The van der Waals surface area contributed by atoms with Crippen LogP contribution in [-0.2, 0) is 14.3 Å². The topological polar surface area (TPSA) is 55.8 Å².